The van der Waals surface area contributed by atoms with Crippen molar-refractivity contribution in [2.24, 2.45) is 5.73 Å². The molecule has 0 aliphatic heterocycles. The second-order valence-corrected chi connectivity index (χ2v) is 5.50. The van der Waals surface area contributed by atoms with Crippen LogP contribution in [0.2, 0.25) is 10.0 Å². The summed E-state index contributed by atoms with van der Waals surface area (Å²) >= 11 is 13.1. The maximum Gasteiger partial charge on any atom is 0.268 e. The van der Waals surface area contributed by atoms with Gasteiger partial charge in [-0.2, -0.15) is 0 Å². The molecule has 8 heteroatoms. The third kappa shape index (κ3) is 3.47. The first-order valence-corrected chi connectivity index (χ1v) is 7.09. The van der Waals surface area contributed by atoms with E-state index in [4.69, 9.17) is 28.9 Å². The maximum absolute atomic E-state index is 11.9. The van der Waals surface area contributed by atoms with Gasteiger partial charge in [0.05, 0.1) is 6.42 Å². The van der Waals surface area contributed by atoms with Crippen LogP contribution in [0.3, 0.4) is 0 Å². The molecule has 0 unspecified atom stereocenters. The number of carbonyl (C=O) groups is 2. The molecule has 0 saturated heterocycles. The van der Waals surface area contributed by atoms with Gasteiger partial charge >= 0.3 is 0 Å². The standard InChI is InChI=1S/C12H9Cl2N3O2S/c13-7-2-1-3-8(14)6(7)4-10(18)17-12-16-9(5-20-12)11(15)19/h1-3,5H,4H2,(H2,15,19)(H,16,17,18). The fraction of sp³-hybridized carbons (Fsp3) is 0.0833. The average Bonchev–Trinajstić information content (AvgIpc) is 2.82. The van der Waals surface area contributed by atoms with Crippen LogP contribution in [0.25, 0.3) is 0 Å². The lowest BCUT2D eigenvalue weighted by molar-refractivity contribution is -0.115. The van der Waals surface area contributed by atoms with Crippen LogP contribution in [0.1, 0.15) is 16.1 Å². The smallest absolute Gasteiger partial charge is 0.268 e. The zero-order valence-electron chi connectivity index (χ0n) is 10.0. The minimum Gasteiger partial charge on any atom is -0.364 e. The summed E-state index contributed by atoms with van der Waals surface area (Å²) in [6.07, 6.45) is 0.0178. The van der Waals surface area contributed by atoms with Crippen molar-refractivity contribution in [2.75, 3.05) is 5.32 Å². The van der Waals surface area contributed by atoms with E-state index in [1.54, 1.807) is 18.2 Å². The van der Waals surface area contributed by atoms with E-state index in [-0.39, 0.29) is 18.0 Å². The number of halogens is 2. The van der Waals surface area contributed by atoms with E-state index in [0.717, 1.165) is 11.3 Å². The largest absolute Gasteiger partial charge is 0.364 e. The van der Waals surface area contributed by atoms with Gasteiger partial charge in [-0.05, 0) is 17.7 Å². The Hall–Kier alpha value is -1.63. The lowest BCUT2D eigenvalue weighted by Gasteiger charge is -2.06. The first-order chi connectivity index (χ1) is 9.47. The molecule has 104 valence electrons. The minimum atomic E-state index is -0.643. The Labute approximate surface area is 128 Å². The number of hydrogen-bond donors (Lipinski definition) is 2. The number of nitrogens with two attached hydrogens (primary N) is 1. The SMILES string of the molecule is NC(=O)c1csc(NC(=O)Cc2c(Cl)cccc2Cl)n1. The predicted octanol–water partition coefficient (Wildman–Crippen LogP) is 2.73. The number of primary amides is 1. The van der Waals surface area contributed by atoms with Gasteiger partial charge in [0, 0.05) is 15.4 Å². The van der Waals surface area contributed by atoms with Crippen LogP contribution in [0.5, 0.6) is 0 Å². The van der Waals surface area contributed by atoms with Gasteiger partial charge in [-0.25, -0.2) is 4.98 Å². The zero-order chi connectivity index (χ0) is 14.7. The molecule has 0 fully saturated rings. The highest BCUT2D eigenvalue weighted by Gasteiger charge is 2.13. The number of nitrogens with one attached hydrogen (secondary N) is 1. The third-order valence-corrected chi connectivity index (χ3v) is 3.87. The molecule has 0 saturated carbocycles. The summed E-state index contributed by atoms with van der Waals surface area (Å²) in [5.74, 6) is -0.971. The molecular formula is C12H9Cl2N3O2S. The second kappa shape index (κ2) is 6.21. The summed E-state index contributed by atoms with van der Waals surface area (Å²) in [6.45, 7) is 0. The average molecular weight is 330 g/mol. The van der Waals surface area contributed by atoms with Gasteiger partial charge in [-0.1, -0.05) is 29.3 Å². The highest BCUT2D eigenvalue weighted by atomic mass is 35.5. The Morgan fingerprint density at radius 3 is 2.50 bits per heavy atom. The van der Waals surface area contributed by atoms with Crippen LogP contribution in [0, 0.1) is 0 Å². The monoisotopic (exact) mass is 329 g/mol. The van der Waals surface area contributed by atoms with Crippen molar-refractivity contribution in [1.29, 1.82) is 0 Å². The number of hydrogen-bond acceptors (Lipinski definition) is 4. The first kappa shape index (κ1) is 14.8. The van der Waals surface area contributed by atoms with Gasteiger partial charge in [0.1, 0.15) is 5.69 Å². The van der Waals surface area contributed by atoms with E-state index >= 15 is 0 Å². The number of carbonyl (C=O) groups excluding carboxylic acids is 2. The summed E-state index contributed by atoms with van der Waals surface area (Å²) in [4.78, 5) is 26.7. The molecule has 1 aromatic carbocycles. The van der Waals surface area contributed by atoms with Crippen molar-refractivity contribution in [3.8, 4) is 0 Å². The van der Waals surface area contributed by atoms with Gasteiger partial charge in [0.2, 0.25) is 5.91 Å². The number of benzene rings is 1. The lowest BCUT2D eigenvalue weighted by Crippen LogP contribution is -2.16. The Balaban J connectivity index is 2.07. The second-order valence-electron chi connectivity index (χ2n) is 3.83. The summed E-state index contributed by atoms with van der Waals surface area (Å²) in [7, 11) is 0. The molecule has 1 aromatic heterocycles. The van der Waals surface area contributed by atoms with E-state index in [0.29, 0.717) is 20.7 Å². The Kier molecular flexibility index (Phi) is 4.59. The Morgan fingerprint density at radius 1 is 1.30 bits per heavy atom. The van der Waals surface area contributed by atoms with Crippen LogP contribution in [0.15, 0.2) is 23.6 Å². The van der Waals surface area contributed by atoms with E-state index in [2.05, 4.69) is 10.3 Å². The molecule has 2 amide bonds. The highest BCUT2D eigenvalue weighted by molar-refractivity contribution is 7.14. The number of amides is 2. The topological polar surface area (TPSA) is 85.1 Å². The molecule has 20 heavy (non-hydrogen) atoms. The molecule has 3 N–H and O–H groups in total. The fourth-order valence-electron chi connectivity index (χ4n) is 1.47. The van der Waals surface area contributed by atoms with Crippen molar-refractivity contribution < 1.29 is 9.59 Å². The van der Waals surface area contributed by atoms with Crippen molar-refractivity contribution in [3.05, 3.63) is 44.9 Å². The van der Waals surface area contributed by atoms with Crippen LogP contribution in [0.4, 0.5) is 5.13 Å². The van der Waals surface area contributed by atoms with Gasteiger partial charge in [-0.3, -0.25) is 9.59 Å². The molecule has 5 nitrogen and oxygen atoms in total. The summed E-state index contributed by atoms with van der Waals surface area (Å²) in [6, 6.07) is 5.02. The van der Waals surface area contributed by atoms with Crippen LogP contribution in [-0.2, 0) is 11.2 Å². The maximum atomic E-state index is 11.9. The quantitative estimate of drug-likeness (QED) is 0.904. The van der Waals surface area contributed by atoms with Crippen molar-refractivity contribution in [2.45, 2.75) is 6.42 Å². The molecule has 0 aliphatic carbocycles. The van der Waals surface area contributed by atoms with E-state index in [1.807, 2.05) is 0 Å². The molecular weight excluding hydrogens is 321 g/mol. The first-order valence-electron chi connectivity index (χ1n) is 5.45. The Bertz CT molecular complexity index is 652. The fourth-order valence-corrected chi connectivity index (χ4v) is 2.72. The lowest BCUT2D eigenvalue weighted by atomic mass is 10.1. The number of rotatable bonds is 4. The van der Waals surface area contributed by atoms with Gasteiger partial charge in [0.25, 0.3) is 5.91 Å². The molecule has 0 bridgehead atoms. The normalized spacial score (nSPS) is 10.3. The number of nitrogens with zero attached hydrogens (tertiary/aromatic N) is 1. The summed E-state index contributed by atoms with van der Waals surface area (Å²) in [5, 5.41) is 5.18. The molecule has 1 heterocycles. The van der Waals surface area contributed by atoms with Crippen molar-refractivity contribution >= 4 is 51.5 Å². The van der Waals surface area contributed by atoms with Crippen LogP contribution < -0.4 is 11.1 Å². The molecule has 0 aliphatic rings. The van der Waals surface area contributed by atoms with Gasteiger partial charge < -0.3 is 11.1 Å². The summed E-state index contributed by atoms with van der Waals surface area (Å²) < 4.78 is 0. The Morgan fingerprint density at radius 2 is 1.95 bits per heavy atom. The third-order valence-electron chi connectivity index (χ3n) is 2.40. The van der Waals surface area contributed by atoms with Crippen molar-refractivity contribution in [1.82, 2.24) is 4.98 Å². The number of anilines is 1. The van der Waals surface area contributed by atoms with E-state index < -0.39 is 5.91 Å². The molecule has 0 spiro atoms. The minimum absolute atomic E-state index is 0.0178. The predicted molar refractivity (Wildman–Crippen MR) is 79.4 cm³/mol. The molecule has 0 atom stereocenters. The van der Waals surface area contributed by atoms with E-state index in [1.165, 1.54) is 5.38 Å². The zero-order valence-corrected chi connectivity index (χ0v) is 12.4. The van der Waals surface area contributed by atoms with Gasteiger partial charge in [-0.15, -0.1) is 11.3 Å². The molecule has 0 radical (unpaired) electrons. The number of thiazole rings is 1. The highest BCUT2D eigenvalue weighted by Crippen LogP contribution is 2.25. The van der Waals surface area contributed by atoms with Gasteiger partial charge in [0.15, 0.2) is 5.13 Å². The summed E-state index contributed by atoms with van der Waals surface area (Å²) in [5.41, 5.74) is 5.73. The van der Waals surface area contributed by atoms with Crippen LogP contribution in [-0.4, -0.2) is 16.8 Å². The van der Waals surface area contributed by atoms with Crippen molar-refractivity contribution in [3.63, 3.8) is 0 Å². The molecule has 2 rings (SSSR count). The van der Waals surface area contributed by atoms with E-state index in [9.17, 15) is 9.59 Å². The molecule has 2 aromatic rings. The number of aromatic nitrogens is 1. The van der Waals surface area contributed by atoms with Crippen LogP contribution >= 0.6 is 34.5 Å².